The second kappa shape index (κ2) is 5.75. The van der Waals surface area contributed by atoms with E-state index in [0.717, 1.165) is 0 Å². The Morgan fingerprint density at radius 2 is 2.08 bits per heavy atom. The number of carbonyl (C=O) groups excluding carboxylic acids is 1. The minimum absolute atomic E-state index is 0.0921. The molecule has 0 bridgehead atoms. The summed E-state index contributed by atoms with van der Waals surface area (Å²) in [6.45, 7) is 3.41. The van der Waals surface area contributed by atoms with E-state index in [0.29, 0.717) is 0 Å². The van der Waals surface area contributed by atoms with Gasteiger partial charge in [-0.05, 0) is 13.8 Å². The normalized spacial score (nSPS) is 21.2. The van der Waals surface area contributed by atoms with Gasteiger partial charge in [0.15, 0.2) is 6.10 Å². The van der Waals surface area contributed by atoms with Gasteiger partial charge >= 0.3 is 5.97 Å². The molecule has 1 fully saturated rings. The molecule has 3 heterocycles. The zero-order valence-corrected chi connectivity index (χ0v) is 13.5. The summed E-state index contributed by atoms with van der Waals surface area (Å²) < 4.78 is 12.0. The number of amides is 1. The molecule has 2 aromatic rings. The molecular weight excluding hydrogens is 318 g/mol. The second-order valence-electron chi connectivity index (χ2n) is 5.86. The molecule has 1 unspecified atom stereocenters. The van der Waals surface area contributed by atoms with E-state index in [9.17, 15) is 14.4 Å². The van der Waals surface area contributed by atoms with Crippen LogP contribution in [0.15, 0.2) is 15.5 Å². The summed E-state index contributed by atoms with van der Waals surface area (Å²) in [5.41, 5.74) is -0.178. The number of nitrogens with zero attached hydrogens (tertiary/aromatic N) is 3. The van der Waals surface area contributed by atoms with E-state index >= 15 is 0 Å². The van der Waals surface area contributed by atoms with E-state index in [-0.39, 0.29) is 35.5 Å². The number of ether oxygens (including phenoxy) is 1. The van der Waals surface area contributed by atoms with Gasteiger partial charge in [0.2, 0.25) is 5.71 Å². The smallest absolute Gasteiger partial charge is 0.334 e. The highest BCUT2D eigenvalue weighted by molar-refractivity contribution is 6.06. The molecule has 2 atom stereocenters. The maximum Gasteiger partial charge on any atom is 0.334 e. The molecule has 1 amide bonds. The van der Waals surface area contributed by atoms with Gasteiger partial charge in [0.25, 0.3) is 11.5 Å². The van der Waals surface area contributed by atoms with Crippen LogP contribution in [0, 0.1) is 6.92 Å². The highest BCUT2D eigenvalue weighted by Crippen LogP contribution is 2.24. The Kier molecular flexibility index (Phi) is 3.88. The van der Waals surface area contributed by atoms with Gasteiger partial charge in [-0.2, -0.15) is 0 Å². The maximum absolute atomic E-state index is 12.9. The summed E-state index contributed by atoms with van der Waals surface area (Å²) in [7, 11) is 1.53. The molecule has 0 aromatic carbocycles. The summed E-state index contributed by atoms with van der Waals surface area (Å²) >= 11 is 0. The molecule has 1 aliphatic rings. The largest absolute Gasteiger partial charge is 0.479 e. The first-order chi connectivity index (χ1) is 11.3. The highest BCUT2D eigenvalue weighted by atomic mass is 16.5. The Morgan fingerprint density at radius 3 is 2.75 bits per heavy atom. The van der Waals surface area contributed by atoms with Crippen molar-refractivity contribution in [1.82, 2.24) is 14.5 Å². The molecule has 128 valence electrons. The van der Waals surface area contributed by atoms with Crippen LogP contribution in [-0.4, -0.2) is 56.7 Å². The van der Waals surface area contributed by atoms with Gasteiger partial charge < -0.3 is 23.7 Å². The zero-order valence-electron chi connectivity index (χ0n) is 13.5. The third-order valence-electron chi connectivity index (χ3n) is 3.98. The Labute approximate surface area is 136 Å². The standard InChI is InChI=1S/C15H17N3O6/c1-7-4-18(5-9(23-7)15(21)22)14(20)10-8(2)24-12-11(10)13(19)17(3)6-16-12/h6-7,9H,4-5H2,1-3H3,(H,21,22)/t7-,9?/m1/s1. The number of hydrogen-bond acceptors (Lipinski definition) is 6. The van der Waals surface area contributed by atoms with E-state index in [1.165, 1.54) is 22.8 Å². The number of fused-ring (bicyclic) bond motifs is 1. The molecule has 2 aromatic heterocycles. The number of furan rings is 1. The van der Waals surface area contributed by atoms with Crippen molar-refractivity contribution in [2.45, 2.75) is 26.1 Å². The van der Waals surface area contributed by atoms with Crippen LogP contribution >= 0.6 is 0 Å². The molecule has 9 heteroatoms. The molecular formula is C15H17N3O6. The molecule has 0 spiro atoms. The summed E-state index contributed by atoms with van der Waals surface area (Å²) in [6.07, 6.45) is -0.209. The molecule has 0 radical (unpaired) electrons. The fraction of sp³-hybridized carbons (Fsp3) is 0.467. The zero-order chi connectivity index (χ0) is 17.6. The number of aliphatic carboxylic acids is 1. The predicted molar refractivity (Wildman–Crippen MR) is 81.9 cm³/mol. The lowest BCUT2D eigenvalue weighted by Crippen LogP contribution is -2.52. The van der Waals surface area contributed by atoms with Gasteiger partial charge in [0.05, 0.1) is 18.2 Å². The highest BCUT2D eigenvalue weighted by Gasteiger charge is 2.35. The quantitative estimate of drug-likeness (QED) is 0.830. The van der Waals surface area contributed by atoms with Crippen LogP contribution in [-0.2, 0) is 16.6 Å². The third-order valence-corrected chi connectivity index (χ3v) is 3.98. The molecule has 3 rings (SSSR count). The lowest BCUT2D eigenvalue weighted by Gasteiger charge is -2.34. The molecule has 9 nitrogen and oxygen atoms in total. The maximum atomic E-state index is 12.9. The van der Waals surface area contributed by atoms with Gasteiger partial charge in [-0.25, -0.2) is 9.78 Å². The molecule has 0 saturated carbocycles. The Hall–Kier alpha value is -2.68. The number of morpholine rings is 1. The van der Waals surface area contributed by atoms with Crippen molar-refractivity contribution in [2.75, 3.05) is 13.1 Å². The van der Waals surface area contributed by atoms with Crippen molar-refractivity contribution >= 4 is 23.0 Å². The lowest BCUT2D eigenvalue weighted by molar-refractivity contribution is -0.160. The minimum atomic E-state index is -1.13. The average molecular weight is 335 g/mol. The Bertz CT molecular complexity index is 883. The van der Waals surface area contributed by atoms with Crippen molar-refractivity contribution in [1.29, 1.82) is 0 Å². The summed E-state index contributed by atoms with van der Waals surface area (Å²) in [6, 6.07) is 0. The van der Waals surface area contributed by atoms with E-state index in [4.69, 9.17) is 14.3 Å². The van der Waals surface area contributed by atoms with Gasteiger partial charge in [-0.15, -0.1) is 0 Å². The summed E-state index contributed by atoms with van der Waals surface area (Å²) in [5, 5.41) is 9.25. The van der Waals surface area contributed by atoms with E-state index in [1.54, 1.807) is 13.8 Å². The van der Waals surface area contributed by atoms with Crippen molar-refractivity contribution < 1.29 is 23.8 Å². The first-order valence-corrected chi connectivity index (χ1v) is 7.42. The Morgan fingerprint density at radius 1 is 1.38 bits per heavy atom. The molecule has 1 aliphatic heterocycles. The number of aryl methyl sites for hydroxylation is 2. The second-order valence-corrected chi connectivity index (χ2v) is 5.86. The van der Waals surface area contributed by atoms with E-state index in [2.05, 4.69) is 4.98 Å². The monoisotopic (exact) mass is 335 g/mol. The van der Waals surface area contributed by atoms with Crippen molar-refractivity contribution in [2.24, 2.45) is 7.05 Å². The lowest BCUT2D eigenvalue weighted by atomic mass is 10.1. The van der Waals surface area contributed by atoms with Crippen molar-refractivity contribution in [3.63, 3.8) is 0 Å². The van der Waals surface area contributed by atoms with Crippen LogP contribution < -0.4 is 5.56 Å². The van der Waals surface area contributed by atoms with Gasteiger partial charge in [0, 0.05) is 13.6 Å². The molecule has 1 saturated heterocycles. The Balaban J connectivity index is 2.05. The minimum Gasteiger partial charge on any atom is -0.479 e. The molecule has 24 heavy (non-hydrogen) atoms. The fourth-order valence-electron chi connectivity index (χ4n) is 2.86. The number of carbonyl (C=O) groups is 2. The van der Waals surface area contributed by atoms with E-state index in [1.807, 2.05) is 0 Å². The van der Waals surface area contributed by atoms with Crippen LogP contribution in [0.25, 0.3) is 11.1 Å². The molecule has 1 N–H and O–H groups in total. The number of rotatable bonds is 2. The van der Waals surface area contributed by atoms with Crippen LogP contribution in [0.5, 0.6) is 0 Å². The van der Waals surface area contributed by atoms with Crippen LogP contribution in [0.1, 0.15) is 23.0 Å². The average Bonchev–Trinajstić information content (AvgIpc) is 2.86. The predicted octanol–water partition coefficient (Wildman–Crippen LogP) is 0.149. The van der Waals surface area contributed by atoms with Crippen molar-refractivity contribution in [3.05, 3.63) is 28.0 Å². The fourth-order valence-corrected chi connectivity index (χ4v) is 2.86. The third kappa shape index (κ3) is 2.56. The number of carboxylic acid groups (broad SMARTS) is 1. The first kappa shape index (κ1) is 16.2. The number of hydrogen-bond donors (Lipinski definition) is 1. The van der Waals surface area contributed by atoms with Crippen molar-refractivity contribution in [3.8, 4) is 0 Å². The number of aromatic nitrogens is 2. The van der Waals surface area contributed by atoms with Gasteiger partial charge in [-0.1, -0.05) is 0 Å². The van der Waals surface area contributed by atoms with Crippen LogP contribution in [0.4, 0.5) is 0 Å². The van der Waals surface area contributed by atoms with Gasteiger partial charge in [-0.3, -0.25) is 9.59 Å². The topological polar surface area (TPSA) is 115 Å². The summed E-state index contributed by atoms with van der Waals surface area (Å²) in [5.74, 6) is -1.32. The van der Waals surface area contributed by atoms with Crippen LogP contribution in [0.3, 0.4) is 0 Å². The van der Waals surface area contributed by atoms with Gasteiger partial charge in [0.1, 0.15) is 17.5 Å². The summed E-state index contributed by atoms with van der Waals surface area (Å²) in [4.78, 5) is 41.8. The number of carboxylic acids is 1. The first-order valence-electron chi connectivity index (χ1n) is 7.42. The van der Waals surface area contributed by atoms with E-state index < -0.39 is 29.6 Å². The molecule has 0 aliphatic carbocycles. The SMILES string of the molecule is Cc1oc2ncn(C)c(=O)c2c1C(=O)N1CC(C(=O)O)O[C@H](C)C1. The van der Waals surface area contributed by atoms with Crippen LogP contribution in [0.2, 0.25) is 0 Å².